The summed E-state index contributed by atoms with van der Waals surface area (Å²) in [5.41, 5.74) is 1.99. The lowest BCUT2D eigenvalue weighted by Crippen LogP contribution is -3.08. The van der Waals surface area contributed by atoms with E-state index in [0.717, 1.165) is 40.3 Å². The Labute approximate surface area is 145 Å². The van der Waals surface area contributed by atoms with Crippen LogP contribution in [-0.2, 0) is 23.9 Å². The van der Waals surface area contributed by atoms with Crippen molar-refractivity contribution in [1.82, 2.24) is 0 Å². The highest BCUT2D eigenvalue weighted by molar-refractivity contribution is 5.91. The number of alkyl halides is 3. The van der Waals surface area contributed by atoms with Crippen LogP contribution in [0.15, 0.2) is 48.5 Å². The third-order valence-electron chi connectivity index (χ3n) is 3.87. The number of quaternary nitrogens is 1. The number of benzene rings is 2. The molecule has 0 aromatic heterocycles. The Morgan fingerprint density at radius 3 is 2.36 bits per heavy atom. The lowest BCUT2D eigenvalue weighted by molar-refractivity contribution is -0.885. The molecule has 1 atom stereocenters. The Morgan fingerprint density at radius 1 is 1.08 bits per heavy atom. The predicted octanol–water partition coefficient (Wildman–Crippen LogP) is 2.92. The van der Waals surface area contributed by atoms with Crippen LogP contribution >= 0.6 is 0 Å². The van der Waals surface area contributed by atoms with Gasteiger partial charge in [0.25, 0.3) is 5.91 Å². The molecule has 0 spiro atoms. The molecule has 2 aromatic carbocycles. The van der Waals surface area contributed by atoms with E-state index < -0.39 is 11.7 Å². The van der Waals surface area contributed by atoms with Gasteiger partial charge in [-0.2, -0.15) is 13.2 Å². The smallest absolute Gasteiger partial charge is 0.326 e. The van der Waals surface area contributed by atoms with Gasteiger partial charge in [0.1, 0.15) is 6.54 Å². The number of carbonyl (C=O) groups excluding carboxylic acids is 1. The van der Waals surface area contributed by atoms with Crippen LogP contribution in [0.25, 0.3) is 0 Å². The number of rotatable bonds is 6. The highest BCUT2D eigenvalue weighted by atomic mass is 19.4. The summed E-state index contributed by atoms with van der Waals surface area (Å²) in [6, 6.07) is 12.7. The average Bonchev–Trinajstić information content (AvgIpc) is 2.54. The van der Waals surface area contributed by atoms with Gasteiger partial charge in [0.15, 0.2) is 6.54 Å². The number of anilines is 1. The van der Waals surface area contributed by atoms with Crippen LogP contribution in [0.5, 0.6) is 0 Å². The summed E-state index contributed by atoms with van der Waals surface area (Å²) >= 11 is 0. The van der Waals surface area contributed by atoms with Crippen molar-refractivity contribution >= 4 is 11.6 Å². The van der Waals surface area contributed by atoms with Crippen molar-refractivity contribution in [3.05, 3.63) is 65.2 Å². The maximum atomic E-state index is 12.6. The molecule has 0 aliphatic rings. The van der Waals surface area contributed by atoms with Crippen LogP contribution in [-0.4, -0.2) is 19.5 Å². The molecule has 0 bridgehead atoms. The number of likely N-dealkylation sites (N-methyl/N-ethyl adjacent to an activating group) is 1. The summed E-state index contributed by atoms with van der Waals surface area (Å²) in [6.07, 6.45) is -3.44. The van der Waals surface area contributed by atoms with Crippen molar-refractivity contribution in [1.29, 1.82) is 0 Å². The highest BCUT2D eigenvalue weighted by Gasteiger charge is 2.30. The molecule has 25 heavy (non-hydrogen) atoms. The van der Waals surface area contributed by atoms with Crippen LogP contribution in [0.3, 0.4) is 0 Å². The Bertz CT molecular complexity index is 711. The number of carbonyl (C=O) groups is 1. The van der Waals surface area contributed by atoms with E-state index in [1.807, 2.05) is 38.2 Å². The molecule has 2 N–H and O–H groups in total. The molecule has 0 aliphatic carbocycles. The summed E-state index contributed by atoms with van der Waals surface area (Å²) in [6.45, 7) is 2.75. The molecule has 0 saturated carbocycles. The van der Waals surface area contributed by atoms with Crippen LogP contribution < -0.4 is 10.2 Å². The zero-order valence-corrected chi connectivity index (χ0v) is 14.3. The minimum absolute atomic E-state index is 0.127. The molecular weight excluding hydrogens is 329 g/mol. The van der Waals surface area contributed by atoms with Gasteiger partial charge in [-0.3, -0.25) is 4.79 Å². The van der Waals surface area contributed by atoms with Crippen molar-refractivity contribution < 1.29 is 22.9 Å². The van der Waals surface area contributed by atoms with E-state index >= 15 is 0 Å². The number of nitrogens with one attached hydrogen (secondary N) is 2. The van der Waals surface area contributed by atoms with E-state index in [1.54, 1.807) is 0 Å². The Kier molecular flexibility index (Phi) is 6.20. The average molecular weight is 351 g/mol. The fraction of sp³-hybridized carbons (Fsp3) is 0.316. The summed E-state index contributed by atoms with van der Waals surface area (Å²) in [7, 11) is 1.83. The first-order valence-corrected chi connectivity index (χ1v) is 8.14. The first-order valence-electron chi connectivity index (χ1n) is 8.14. The summed E-state index contributed by atoms with van der Waals surface area (Å²) in [5.74, 6) is -0.127. The number of hydrogen-bond acceptors (Lipinski definition) is 1. The SMILES string of the molecule is CCc1cccc(NC(=O)C[NH+](C)Cc2ccc(C(F)(F)F)cc2)c1. The summed E-state index contributed by atoms with van der Waals surface area (Å²) in [5, 5.41) is 2.85. The van der Waals surface area contributed by atoms with E-state index in [4.69, 9.17) is 0 Å². The predicted molar refractivity (Wildman–Crippen MR) is 91.4 cm³/mol. The van der Waals surface area contributed by atoms with Crippen molar-refractivity contribution in [2.45, 2.75) is 26.1 Å². The van der Waals surface area contributed by atoms with Gasteiger partial charge in [-0.05, 0) is 36.2 Å². The fourth-order valence-corrected chi connectivity index (χ4v) is 2.57. The molecule has 0 fully saturated rings. The quantitative estimate of drug-likeness (QED) is 0.824. The van der Waals surface area contributed by atoms with E-state index in [9.17, 15) is 18.0 Å². The molecule has 3 nitrogen and oxygen atoms in total. The second kappa shape index (κ2) is 8.16. The lowest BCUT2D eigenvalue weighted by atomic mass is 10.1. The first kappa shape index (κ1) is 19.0. The number of amides is 1. The van der Waals surface area contributed by atoms with Gasteiger partial charge in [0, 0.05) is 11.3 Å². The van der Waals surface area contributed by atoms with Gasteiger partial charge in [0.05, 0.1) is 12.6 Å². The minimum Gasteiger partial charge on any atom is -0.326 e. The van der Waals surface area contributed by atoms with Gasteiger partial charge < -0.3 is 10.2 Å². The van der Waals surface area contributed by atoms with Crippen molar-refractivity contribution in [3.63, 3.8) is 0 Å². The zero-order chi connectivity index (χ0) is 18.4. The maximum Gasteiger partial charge on any atom is 0.416 e. The summed E-state index contributed by atoms with van der Waals surface area (Å²) in [4.78, 5) is 13.0. The van der Waals surface area contributed by atoms with Gasteiger partial charge in [-0.1, -0.05) is 31.2 Å². The molecule has 2 aromatic rings. The van der Waals surface area contributed by atoms with Crippen molar-refractivity contribution in [2.75, 3.05) is 18.9 Å². The molecule has 1 amide bonds. The molecule has 1 unspecified atom stereocenters. The first-order chi connectivity index (χ1) is 11.8. The standard InChI is InChI=1S/C19H21F3N2O/c1-3-14-5-4-6-17(11-14)23-18(25)13-24(2)12-15-7-9-16(10-8-15)19(20,21)22/h4-11H,3,12-13H2,1-2H3,(H,23,25)/p+1. The molecule has 6 heteroatoms. The molecule has 0 radical (unpaired) electrons. The molecule has 2 rings (SSSR count). The number of hydrogen-bond donors (Lipinski definition) is 2. The molecule has 0 saturated heterocycles. The molecule has 0 aliphatic heterocycles. The van der Waals surface area contributed by atoms with E-state index in [0.29, 0.717) is 6.54 Å². The summed E-state index contributed by atoms with van der Waals surface area (Å²) < 4.78 is 37.7. The maximum absolute atomic E-state index is 12.6. The number of aryl methyl sites for hydroxylation is 1. The van der Waals surface area contributed by atoms with Crippen LogP contribution in [0.4, 0.5) is 18.9 Å². The normalized spacial score (nSPS) is 12.7. The number of halogens is 3. The van der Waals surface area contributed by atoms with E-state index in [-0.39, 0.29) is 12.5 Å². The fourth-order valence-electron chi connectivity index (χ4n) is 2.57. The Balaban J connectivity index is 1.88. The zero-order valence-electron chi connectivity index (χ0n) is 14.3. The minimum atomic E-state index is -4.33. The largest absolute Gasteiger partial charge is 0.416 e. The monoisotopic (exact) mass is 351 g/mol. The molecule has 134 valence electrons. The molecular formula is C19H22F3N2O+. The Morgan fingerprint density at radius 2 is 1.76 bits per heavy atom. The third-order valence-corrected chi connectivity index (χ3v) is 3.87. The van der Waals surface area contributed by atoms with Gasteiger partial charge in [-0.15, -0.1) is 0 Å². The molecule has 0 heterocycles. The van der Waals surface area contributed by atoms with Crippen molar-refractivity contribution in [3.8, 4) is 0 Å². The highest BCUT2D eigenvalue weighted by Crippen LogP contribution is 2.28. The topological polar surface area (TPSA) is 33.5 Å². The van der Waals surface area contributed by atoms with Crippen LogP contribution in [0.1, 0.15) is 23.6 Å². The van der Waals surface area contributed by atoms with Crippen LogP contribution in [0, 0.1) is 0 Å². The van der Waals surface area contributed by atoms with Crippen molar-refractivity contribution in [2.24, 2.45) is 0 Å². The second-order valence-electron chi connectivity index (χ2n) is 6.11. The van der Waals surface area contributed by atoms with Gasteiger partial charge in [0.2, 0.25) is 0 Å². The Hall–Kier alpha value is -2.34. The second-order valence-corrected chi connectivity index (χ2v) is 6.11. The third kappa shape index (κ3) is 5.90. The van der Waals surface area contributed by atoms with E-state index in [1.165, 1.54) is 12.1 Å². The van der Waals surface area contributed by atoms with Crippen LogP contribution in [0.2, 0.25) is 0 Å². The van der Waals surface area contributed by atoms with Gasteiger partial charge in [-0.25, -0.2) is 0 Å². The van der Waals surface area contributed by atoms with Gasteiger partial charge >= 0.3 is 6.18 Å². The lowest BCUT2D eigenvalue weighted by Gasteiger charge is -2.15. The van der Waals surface area contributed by atoms with E-state index in [2.05, 4.69) is 5.32 Å².